The minimum atomic E-state index is -0.113. The number of nitrogens with one attached hydrogen (secondary N) is 1. The molecule has 0 radical (unpaired) electrons. The SMILES string of the molecule is CCN(C)CCNC(=O)c1ccc(N)c(OC)c1. The van der Waals surface area contributed by atoms with Crippen LogP contribution in [0.1, 0.15) is 17.3 Å². The fourth-order valence-corrected chi connectivity index (χ4v) is 1.47. The highest BCUT2D eigenvalue weighted by Crippen LogP contribution is 2.21. The minimum Gasteiger partial charge on any atom is -0.495 e. The molecule has 0 spiro atoms. The van der Waals surface area contributed by atoms with Gasteiger partial charge in [0, 0.05) is 18.7 Å². The Labute approximate surface area is 108 Å². The molecule has 0 aliphatic rings. The van der Waals surface area contributed by atoms with Gasteiger partial charge in [-0.15, -0.1) is 0 Å². The van der Waals surface area contributed by atoms with Crippen LogP contribution in [0.15, 0.2) is 18.2 Å². The lowest BCUT2D eigenvalue weighted by atomic mass is 10.2. The Morgan fingerprint density at radius 2 is 2.22 bits per heavy atom. The summed E-state index contributed by atoms with van der Waals surface area (Å²) in [5, 5.41) is 2.86. The quantitative estimate of drug-likeness (QED) is 0.739. The van der Waals surface area contributed by atoms with Gasteiger partial charge in [0.05, 0.1) is 12.8 Å². The van der Waals surface area contributed by atoms with Gasteiger partial charge in [0.15, 0.2) is 0 Å². The number of amides is 1. The smallest absolute Gasteiger partial charge is 0.251 e. The maximum atomic E-state index is 11.9. The van der Waals surface area contributed by atoms with Gasteiger partial charge in [0.1, 0.15) is 5.75 Å². The van der Waals surface area contributed by atoms with Crippen molar-refractivity contribution in [2.24, 2.45) is 0 Å². The second kappa shape index (κ2) is 6.86. The molecule has 100 valence electrons. The normalized spacial score (nSPS) is 10.4. The predicted molar refractivity (Wildman–Crippen MR) is 72.9 cm³/mol. The van der Waals surface area contributed by atoms with Crippen LogP contribution < -0.4 is 15.8 Å². The van der Waals surface area contributed by atoms with Crippen LogP contribution in [0.3, 0.4) is 0 Å². The van der Waals surface area contributed by atoms with E-state index in [0.29, 0.717) is 23.5 Å². The first-order valence-corrected chi connectivity index (χ1v) is 5.98. The van der Waals surface area contributed by atoms with Crippen molar-refractivity contribution in [2.45, 2.75) is 6.92 Å². The Morgan fingerprint density at radius 1 is 1.50 bits per heavy atom. The molecule has 1 aromatic carbocycles. The molecule has 5 nitrogen and oxygen atoms in total. The number of carbonyl (C=O) groups excluding carboxylic acids is 1. The van der Waals surface area contributed by atoms with Crippen molar-refractivity contribution in [3.63, 3.8) is 0 Å². The first kappa shape index (κ1) is 14.3. The highest BCUT2D eigenvalue weighted by molar-refractivity contribution is 5.95. The molecular weight excluding hydrogens is 230 g/mol. The van der Waals surface area contributed by atoms with Crippen molar-refractivity contribution in [1.82, 2.24) is 10.2 Å². The number of ether oxygens (including phenoxy) is 1. The number of nitrogens with two attached hydrogens (primary N) is 1. The van der Waals surface area contributed by atoms with Crippen LogP contribution >= 0.6 is 0 Å². The first-order chi connectivity index (χ1) is 8.58. The van der Waals surface area contributed by atoms with E-state index in [-0.39, 0.29) is 5.91 Å². The van der Waals surface area contributed by atoms with E-state index in [9.17, 15) is 4.79 Å². The Hall–Kier alpha value is -1.75. The van der Waals surface area contributed by atoms with E-state index in [1.165, 1.54) is 7.11 Å². The molecule has 0 fully saturated rings. The highest BCUT2D eigenvalue weighted by Gasteiger charge is 2.08. The van der Waals surface area contributed by atoms with Crippen LogP contribution in [0.4, 0.5) is 5.69 Å². The van der Waals surface area contributed by atoms with Gasteiger partial charge < -0.3 is 20.7 Å². The highest BCUT2D eigenvalue weighted by atomic mass is 16.5. The number of anilines is 1. The third-order valence-corrected chi connectivity index (χ3v) is 2.81. The molecule has 0 aromatic heterocycles. The summed E-state index contributed by atoms with van der Waals surface area (Å²) >= 11 is 0. The molecule has 18 heavy (non-hydrogen) atoms. The molecule has 1 amide bonds. The lowest BCUT2D eigenvalue weighted by molar-refractivity contribution is 0.0950. The average molecular weight is 251 g/mol. The average Bonchev–Trinajstić information content (AvgIpc) is 2.38. The number of rotatable bonds is 6. The molecule has 0 aliphatic heterocycles. The molecule has 3 N–H and O–H groups in total. The summed E-state index contributed by atoms with van der Waals surface area (Å²) in [5.74, 6) is 0.408. The van der Waals surface area contributed by atoms with Crippen molar-refractivity contribution in [3.8, 4) is 5.75 Å². The van der Waals surface area contributed by atoms with E-state index in [1.54, 1.807) is 18.2 Å². The third kappa shape index (κ3) is 3.92. The topological polar surface area (TPSA) is 67.6 Å². The number of nitrogen functional groups attached to an aromatic ring is 1. The lowest BCUT2D eigenvalue weighted by Gasteiger charge is -2.14. The van der Waals surface area contributed by atoms with Gasteiger partial charge in [-0.05, 0) is 31.8 Å². The van der Waals surface area contributed by atoms with Crippen LogP contribution in [-0.2, 0) is 0 Å². The van der Waals surface area contributed by atoms with Crippen LogP contribution in [0, 0.1) is 0 Å². The van der Waals surface area contributed by atoms with E-state index >= 15 is 0 Å². The summed E-state index contributed by atoms with van der Waals surface area (Å²) in [7, 11) is 3.54. The van der Waals surface area contributed by atoms with Gasteiger partial charge in [-0.3, -0.25) is 4.79 Å². The summed E-state index contributed by atoms with van der Waals surface area (Å²) in [6, 6.07) is 5.01. The van der Waals surface area contributed by atoms with Crippen molar-refractivity contribution < 1.29 is 9.53 Å². The zero-order valence-electron chi connectivity index (χ0n) is 11.2. The predicted octanol–water partition coefficient (Wildman–Crippen LogP) is 0.959. The van der Waals surface area contributed by atoms with Crippen molar-refractivity contribution >= 4 is 11.6 Å². The van der Waals surface area contributed by atoms with Crippen molar-refractivity contribution in [1.29, 1.82) is 0 Å². The van der Waals surface area contributed by atoms with Gasteiger partial charge in [-0.25, -0.2) is 0 Å². The van der Waals surface area contributed by atoms with E-state index < -0.39 is 0 Å². The Morgan fingerprint density at radius 3 is 2.83 bits per heavy atom. The molecule has 1 aromatic rings. The molecule has 5 heteroatoms. The number of hydrogen-bond acceptors (Lipinski definition) is 4. The van der Waals surface area contributed by atoms with Crippen LogP contribution in [0.5, 0.6) is 5.75 Å². The van der Waals surface area contributed by atoms with Crippen LogP contribution in [0.2, 0.25) is 0 Å². The number of carbonyl (C=O) groups is 1. The molecule has 0 saturated carbocycles. The second-order valence-corrected chi connectivity index (χ2v) is 4.11. The lowest BCUT2D eigenvalue weighted by Crippen LogP contribution is -2.32. The summed E-state index contributed by atoms with van der Waals surface area (Å²) in [5.41, 5.74) is 6.78. The van der Waals surface area contributed by atoms with Crippen LogP contribution in [-0.4, -0.2) is 44.6 Å². The van der Waals surface area contributed by atoms with E-state index in [2.05, 4.69) is 17.1 Å². The number of benzene rings is 1. The molecule has 0 saturated heterocycles. The van der Waals surface area contributed by atoms with Crippen molar-refractivity contribution in [3.05, 3.63) is 23.8 Å². The summed E-state index contributed by atoms with van der Waals surface area (Å²) in [6.45, 7) is 4.49. The fourth-order valence-electron chi connectivity index (χ4n) is 1.47. The van der Waals surface area contributed by atoms with E-state index in [4.69, 9.17) is 10.5 Å². The zero-order chi connectivity index (χ0) is 13.5. The van der Waals surface area contributed by atoms with Crippen LogP contribution in [0.25, 0.3) is 0 Å². The minimum absolute atomic E-state index is 0.113. The number of hydrogen-bond donors (Lipinski definition) is 2. The fraction of sp³-hybridized carbons (Fsp3) is 0.462. The van der Waals surface area contributed by atoms with Crippen molar-refractivity contribution in [2.75, 3.05) is 39.5 Å². The second-order valence-electron chi connectivity index (χ2n) is 4.11. The summed E-state index contributed by atoms with van der Waals surface area (Å²) < 4.78 is 5.08. The molecule has 1 rings (SSSR count). The van der Waals surface area contributed by atoms with Gasteiger partial charge in [-0.2, -0.15) is 0 Å². The number of nitrogens with zero attached hydrogens (tertiary/aromatic N) is 1. The molecule has 0 atom stereocenters. The maximum absolute atomic E-state index is 11.9. The zero-order valence-corrected chi connectivity index (χ0v) is 11.2. The largest absolute Gasteiger partial charge is 0.495 e. The summed E-state index contributed by atoms with van der Waals surface area (Å²) in [4.78, 5) is 14.0. The Bertz CT molecular complexity index is 407. The molecule has 0 unspecified atom stereocenters. The van der Waals surface area contributed by atoms with E-state index in [0.717, 1.165) is 13.1 Å². The molecular formula is C13H21N3O2. The first-order valence-electron chi connectivity index (χ1n) is 5.98. The number of methoxy groups -OCH3 is 1. The summed E-state index contributed by atoms with van der Waals surface area (Å²) in [6.07, 6.45) is 0. The molecule has 0 heterocycles. The monoisotopic (exact) mass is 251 g/mol. The van der Waals surface area contributed by atoms with Gasteiger partial charge >= 0.3 is 0 Å². The Balaban J connectivity index is 2.56. The van der Waals surface area contributed by atoms with Gasteiger partial charge in [0.2, 0.25) is 0 Å². The number of likely N-dealkylation sites (N-methyl/N-ethyl adjacent to an activating group) is 1. The standard InChI is InChI=1S/C13H21N3O2/c1-4-16(2)8-7-15-13(17)10-5-6-11(14)12(9-10)18-3/h5-6,9H,4,7-8,14H2,1-3H3,(H,15,17). The molecule has 0 bridgehead atoms. The van der Waals surface area contributed by atoms with Gasteiger partial charge in [-0.1, -0.05) is 6.92 Å². The third-order valence-electron chi connectivity index (χ3n) is 2.81. The maximum Gasteiger partial charge on any atom is 0.251 e. The Kier molecular flexibility index (Phi) is 5.45. The molecule has 0 aliphatic carbocycles. The van der Waals surface area contributed by atoms with Gasteiger partial charge in [0.25, 0.3) is 5.91 Å². The van der Waals surface area contributed by atoms with E-state index in [1.807, 2.05) is 7.05 Å².